The maximum atomic E-state index is 13.0. The van der Waals surface area contributed by atoms with E-state index >= 15 is 0 Å². The number of nitroso groups, excluding NO2 is 1. The van der Waals surface area contributed by atoms with Gasteiger partial charge < -0.3 is 9.64 Å². The van der Waals surface area contributed by atoms with Crippen molar-refractivity contribution in [2.45, 2.75) is 37.0 Å². The van der Waals surface area contributed by atoms with Gasteiger partial charge in [-0.3, -0.25) is 29.4 Å². The van der Waals surface area contributed by atoms with E-state index in [2.05, 4.69) is 32.7 Å². The molecule has 0 radical (unpaired) electrons. The number of rotatable bonds is 6. The lowest BCUT2D eigenvalue weighted by atomic mass is 10.0. The van der Waals surface area contributed by atoms with E-state index in [0.29, 0.717) is 16.9 Å². The third-order valence-electron chi connectivity index (χ3n) is 7.00. The average Bonchev–Trinajstić information content (AvgIpc) is 3.20. The first kappa shape index (κ1) is 26.9. The van der Waals surface area contributed by atoms with Crippen LogP contribution in [0.15, 0.2) is 41.0 Å². The molecule has 5 rings (SSSR count). The first-order valence-corrected chi connectivity index (χ1v) is 13.5. The first-order chi connectivity index (χ1) is 19.4. The maximum absolute atomic E-state index is 13.0. The first-order valence-electron chi connectivity index (χ1n) is 12.6. The van der Waals surface area contributed by atoms with E-state index in [4.69, 9.17) is 4.74 Å². The van der Waals surface area contributed by atoms with Gasteiger partial charge in [-0.15, -0.1) is 4.91 Å². The van der Waals surface area contributed by atoms with Gasteiger partial charge >= 0.3 is 0 Å². The molecule has 0 bridgehead atoms. The molecule has 40 heavy (non-hydrogen) atoms. The molecular weight excluding hydrogens is 534 g/mol. The molecule has 3 aliphatic heterocycles. The number of imide groups is 2. The van der Waals surface area contributed by atoms with Crippen LogP contribution in [0.4, 0.5) is 5.69 Å². The third-order valence-corrected chi connectivity index (χ3v) is 7.86. The average molecular weight is 558 g/mol. The SMILES string of the molecule is N#Cc1cc(C#CCOc2ccc3c(c2)C(=O)N(C2CCC(=O)NC2=O)C3=O)cc(N2CCC(SN=O)CC2)c1. The Bertz CT molecular complexity index is 1520. The molecule has 202 valence electrons. The molecule has 2 aromatic carbocycles. The number of hydrogen-bond acceptors (Lipinski definition) is 10. The summed E-state index contributed by atoms with van der Waals surface area (Å²) in [5, 5.41) is 11.9. The van der Waals surface area contributed by atoms with Crippen LogP contribution in [0.5, 0.6) is 5.75 Å². The minimum atomic E-state index is -1.03. The Morgan fingerprint density at radius 3 is 2.48 bits per heavy atom. The molecule has 3 heterocycles. The molecule has 1 atom stereocenters. The number of piperidine rings is 2. The number of fused-ring (bicyclic) bond motifs is 1. The zero-order valence-electron chi connectivity index (χ0n) is 21.2. The highest BCUT2D eigenvalue weighted by Crippen LogP contribution is 2.31. The van der Waals surface area contributed by atoms with Crippen molar-refractivity contribution >= 4 is 41.3 Å². The van der Waals surface area contributed by atoms with Gasteiger partial charge in [0.1, 0.15) is 18.4 Å². The number of carbonyl (C=O) groups is 4. The van der Waals surface area contributed by atoms with Gasteiger partial charge in [-0.25, -0.2) is 0 Å². The summed E-state index contributed by atoms with van der Waals surface area (Å²) in [6, 6.07) is 11.0. The van der Waals surface area contributed by atoms with E-state index in [1.54, 1.807) is 12.1 Å². The summed E-state index contributed by atoms with van der Waals surface area (Å²) in [5.74, 6) is 3.96. The zero-order chi connectivity index (χ0) is 28.2. The van der Waals surface area contributed by atoms with E-state index in [0.717, 1.165) is 48.5 Å². The highest BCUT2D eigenvalue weighted by molar-refractivity contribution is 7.98. The van der Waals surface area contributed by atoms with Gasteiger partial charge in [0, 0.05) is 52.5 Å². The summed E-state index contributed by atoms with van der Waals surface area (Å²) < 4.78 is 8.63. The largest absolute Gasteiger partial charge is 0.481 e. The van der Waals surface area contributed by atoms with Crippen LogP contribution >= 0.6 is 11.9 Å². The summed E-state index contributed by atoms with van der Waals surface area (Å²) in [6.45, 7) is 1.49. The lowest BCUT2D eigenvalue weighted by Gasteiger charge is -2.32. The van der Waals surface area contributed by atoms with Crippen molar-refractivity contribution in [3.05, 3.63) is 63.6 Å². The Labute approximate surface area is 233 Å². The van der Waals surface area contributed by atoms with E-state index in [1.807, 2.05) is 12.1 Å². The maximum Gasteiger partial charge on any atom is 0.262 e. The number of benzene rings is 2. The quantitative estimate of drug-likeness (QED) is 0.245. The molecule has 1 unspecified atom stereocenters. The predicted molar refractivity (Wildman–Crippen MR) is 145 cm³/mol. The summed E-state index contributed by atoms with van der Waals surface area (Å²) in [7, 11) is 0. The Morgan fingerprint density at radius 1 is 1.00 bits per heavy atom. The Hall–Kier alpha value is -4.68. The van der Waals surface area contributed by atoms with Gasteiger partial charge in [0.2, 0.25) is 11.8 Å². The van der Waals surface area contributed by atoms with Crippen LogP contribution in [0, 0.1) is 28.1 Å². The number of carbonyl (C=O) groups excluding carboxylic acids is 4. The monoisotopic (exact) mass is 557 g/mol. The Morgan fingerprint density at radius 2 is 1.75 bits per heavy atom. The van der Waals surface area contributed by atoms with Crippen LogP contribution in [0.2, 0.25) is 0 Å². The van der Waals surface area contributed by atoms with Crippen LogP contribution in [0.1, 0.15) is 57.5 Å². The lowest BCUT2D eigenvalue weighted by molar-refractivity contribution is -0.136. The van der Waals surface area contributed by atoms with Crippen molar-refractivity contribution in [2.24, 2.45) is 4.58 Å². The van der Waals surface area contributed by atoms with Crippen LogP contribution in [0.3, 0.4) is 0 Å². The summed E-state index contributed by atoms with van der Waals surface area (Å²) in [5.41, 5.74) is 2.31. The van der Waals surface area contributed by atoms with Gasteiger partial charge in [-0.05, 0) is 55.7 Å². The molecule has 1 N–H and O–H groups in total. The minimum absolute atomic E-state index is 0.00872. The van der Waals surface area contributed by atoms with Crippen LogP contribution in [-0.4, -0.2) is 59.5 Å². The minimum Gasteiger partial charge on any atom is -0.481 e. The van der Waals surface area contributed by atoms with Crippen LogP contribution in [-0.2, 0) is 9.59 Å². The molecule has 12 heteroatoms. The van der Waals surface area contributed by atoms with E-state index in [-0.39, 0.29) is 35.8 Å². The van der Waals surface area contributed by atoms with Gasteiger partial charge in [0.05, 0.1) is 22.8 Å². The molecule has 0 aliphatic carbocycles. The van der Waals surface area contributed by atoms with Crippen LogP contribution < -0.4 is 15.0 Å². The fraction of sp³-hybridized carbons (Fsp3) is 0.321. The fourth-order valence-electron chi connectivity index (χ4n) is 5.01. The van der Waals surface area contributed by atoms with Crippen molar-refractivity contribution < 1.29 is 23.9 Å². The normalized spacial score (nSPS) is 18.9. The molecule has 0 saturated carbocycles. The fourth-order valence-corrected chi connectivity index (χ4v) is 5.55. The molecule has 0 spiro atoms. The second-order valence-corrected chi connectivity index (χ2v) is 10.5. The zero-order valence-corrected chi connectivity index (χ0v) is 22.0. The van der Waals surface area contributed by atoms with E-state index in [1.165, 1.54) is 12.1 Å². The van der Waals surface area contributed by atoms with Crippen molar-refractivity contribution in [3.8, 4) is 23.7 Å². The van der Waals surface area contributed by atoms with Crippen LogP contribution in [0.25, 0.3) is 0 Å². The van der Waals surface area contributed by atoms with Gasteiger partial charge in [-0.2, -0.15) is 5.26 Å². The second-order valence-electron chi connectivity index (χ2n) is 9.49. The van der Waals surface area contributed by atoms with E-state index in [9.17, 15) is 29.3 Å². The van der Waals surface area contributed by atoms with Crippen molar-refractivity contribution in [3.63, 3.8) is 0 Å². The number of ether oxygens (including phenoxy) is 1. The molecule has 11 nitrogen and oxygen atoms in total. The Balaban J connectivity index is 1.24. The van der Waals surface area contributed by atoms with E-state index < -0.39 is 29.7 Å². The Kier molecular flexibility index (Phi) is 7.80. The number of anilines is 1. The highest BCUT2D eigenvalue weighted by atomic mass is 32.2. The predicted octanol–water partition coefficient (Wildman–Crippen LogP) is 2.77. The number of amides is 4. The summed E-state index contributed by atoms with van der Waals surface area (Å²) in [4.78, 5) is 63.1. The van der Waals surface area contributed by atoms with Gasteiger partial charge in [-0.1, -0.05) is 11.8 Å². The number of nitrogens with zero attached hydrogens (tertiary/aromatic N) is 4. The highest BCUT2D eigenvalue weighted by Gasteiger charge is 2.44. The summed E-state index contributed by atoms with van der Waals surface area (Å²) >= 11 is 1.07. The number of hydrogen-bond donors (Lipinski definition) is 1. The number of nitrogens with one attached hydrogen (secondary N) is 1. The molecule has 2 aromatic rings. The molecule has 0 aromatic heterocycles. The lowest BCUT2D eigenvalue weighted by Crippen LogP contribution is -2.54. The molecular formula is C28H23N5O6S. The van der Waals surface area contributed by atoms with Crippen molar-refractivity contribution in [2.75, 3.05) is 24.6 Å². The standard InChI is InChI=1S/C28H23N5O6S/c29-16-18-12-17(13-19(14-18)32-9-7-21(8-10-32)40-31-38)2-1-11-39-20-3-4-22-23(15-20)28(37)33(27(22)36)24-5-6-25(34)30-26(24)35/h3-4,12-15,21,24H,5-11H2,(H,30,34,35). The van der Waals surface area contributed by atoms with Crippen molar-refractivity contribution in [1.82, 2.24) is 10.2 Å². The number of nitriles is 1. The molecule has 4 amide bonds. The third kappa shape index (κ3) is 5.53. The second kappa shape index (κ2) is 11.6. The van der Waals surface area contributed by atoms with Gasteiger partial charge in [0.25, 0.3) is 11.8 Å². The molecule has 3 aliphatic rings. The molecule has 2 fully saturated rings. The topological polar surface area (TPSA) is 149 Å². The summed E-state index contributed by atoms with van der Waals surface area (Å²) in [6.07, 6.45) is 1.77. The van der Waals surface area contributed by atoms with Gasteiger partial charge in [0.15, 0.2) is 0 Å². The van der Waals surface area contributed by atoms with Crippen molar-refractivity contribution in [1.29, 1.82) is 5.26 Å². The molecule has 2 saturated heterocycles. The smallest absolute Gasteiger partial charge is 0.262 e.